The molecule has 7 nitrogen and oxygen atoms in total. The van der Waals surface area contributed by atoms with Gasteiger partial charge in [-0.2, -0.15) is 4.68 Å². The molecule has 4 rings (SSSR count). The molecular formula is C16H16FN5O2. The number of anilines is 1. The van der Waals surface area contributed by atoms with Gasteiger partial charge in [0.2, 0.25) is 0 Å². The fraction of sp³-hybridized carbons (Fsp3) is 0.375. The first-order valence-electron chi connectivity index (χ1n) is 7.77. The van der Waals surface area contributed by atoms with Crippen LogP contribution < -0.4 is 10.6 Å². The normalized spacial score (nSPS) is 18.5. The Labute approximate surface area is 137 Å². The van der Waals surface area contributed by atoms with Gasteiger partial charge in [0.1, 0.15) is 5.82 Å². The molecule has 1 aliphatic heterocycles. The van der Waals surface area contributed by atoms with E-state index in [1.807, 2.05) is 0 Å². The van der Waals surface area contributed by atoms with E-state index in [1.54, 1.807) is 38.1 Å². The first-order chi connectivity index (χ1) is 11.4. The van der Waals surface area contributed by atoms with Crippen molar-refractivity contribution in [3.63, 3.8) is 0 Å². The molecule has 0 bridgehead atoms. The number of hydrogen-bond acceptors (Lipinski definition) is 4. The molecule has 2 aliphatic rings. The Morgan fingerprint density at radius 2 is 2.04 bits per heavy atom. The van der Waals surface area contributed by atoms with Crippen LogP contribution in [0.15, 0.2) is 29.1 Å². The van der Waals surface area contributed by atoms with Crippen LogP contribution in [0.25, 0.3) is 6.08 Å². The summed E-state index contributed by atoms with van der Waals surface area (Å²) in [5.74, 6) is -0.527. The summed E-state index contributed by atoms with van der Waals surface area (Å²) in [6, 6.07) is 3.88. The number of carbonyl (C=O) groups excluding carboxylic acids is 1. The Kier molecular flexibility index (Phi) is 3.00. The zero-order valence-corrected chi connectivity index (χ0v) is 13.3. The number of aromatic nitrogens is 4. The quantitative estimate of drug-likeness (QED) is 0.752. The van der Waals surface area contributed by atoms with Gasteiger partial charge in [-0.15, -0.1) is 4.68 Å². The minimum Gasteiger partial charge on any atom is -0.280 e. The first kappa shape index (κ1) is 14.8. The lowest BCUT2D eigenvalue weighted by Gasteiger charge is -2.39. The average molecular weight is 329 g/mol. The van der Waals surface area contributed by atoms with Crippen molar-refractivity contribution in [3.8, 4) is 0 Å². The standard InChI is InChI=1S/C16H16FN5O2/c1-16(2)9-8-10-4-3-5-12(17)13(10)20(16)14(23)22-15(24)21(18-19-22)11-6-7-11/h3-5,8-9,11H,6-7H2,1-2H3. The van der Waals surface area contributed by atoms with Crippen molar-refractivity contribution >= 4 is 17.8 Å². The third-order valence-electron chi connectivity index (χ3n) is 4.36. The van der Waals surface area contributed by atoms with Crippen molar-refractivity contribution in [1.29, 1.82) is 0 Å². The molecule has 1 aromatic carbocycles. The van der Waals surface area contributed by atoms with Gasteiger partial charge in [0.05, 0.1) is 17.3 Å². The summed E-state index contributed by atoms with van der Waals surface area (Å²) in [5, 5.41) is 7.48. The molecule has 1 fully saturated rings. The van der Waals surface area contributed by atoms with Crippen LogP contribution in [-0.2, 0) is 0 Å². The number of fused-ring (bicyclic) bond motifs is 1. The van der Waals surface area contributed by atoms with Crippen LogP contribution in [0.5, 0.6) is 0 Å². The Hall–Kier alpha value is -2.77. The predicted octanol–water partition coefficient (Wildman–Crippen LogP) is 2.19. The van der Waals surface area contributed by atoms with Crippen LogP contribution in [0, 0.1) is 5.82 Å². The molecule has 0 spiro atoms. The van der Waals surface area contributed by atoms with Crippen LogP contribution in [0.3, 0.4) is 0 Å². The van der Waals surface area contributed by atoms with Crippen molar-refractivity contribution in [2.24, 2.45) is 0 Å². The molecule has 1 aliphatic carbocycles. The van der Waals surface area contributed by atoms with E-state index in [1.165, 1.54) is 15.6 Å². The number of tetrazole rings is 1. The van der Waals surface area contributed by atoms with Crippen LogP contribution in [0.2, 0.25) is 0 Å². The molecule has 2 heterocycles. The molecule has 0 N–H and O–H groups in total. The third kappa shape index (κ3) is 2.10. The lowest BCUT2D eigenvalue weighted by atomic mass is 9.94. The molecule has 8 heteroatoms. The van der Waals surface area contributed by atoms with E-state index in [0.717, 1.165) is 12.8 Å². The third-order valence-corrected chi connectivity index (χ3v) is 4.36. The van der Waals surface area contributed by atoms with Crippen molar-refractivity contribution in [3.05, 3.63) is 46.1 Å². The number of para-hydroxylation sites is 1. The second-order valence-corrected chi connectivity index (χ2v) is 6.63. The van der Waals surface area contributed by atoms with Gasteiger partial charge in [0, 0.05) is 5.56 Å². The summed E-state index contributed by atoms with van der Waals surface area (Å²) >= 11 is 0. The zero-order valence-electron chi connectivity index (χ0n) is 13.3. The number of amides is 1. The smallest absolute Gasteiger partial charge is 0.280 e. The van der Waals surface area contributed by atoms with Gasteiger partial charge in [-0.1, -0.05) is 24.3 Å². The van der Waals surface area contributed by atoms with Gasteiger partial charge in [-0.05, 0) is 43.2 Å². The monoisotopic (exact) mass is 329 g/mol. The molecule has 1 aromatic heterocycles. The Balaban J connectivity index is 1.84. The Morgan fingerprint density at radius 1 is 1.29 bits per heavy atom. The van der Waals surface area contributed by atoms with E-state index in [2.05, 4.69) is 10.4 Å². The molecule has 0 unspecified atom stereocenters. The zero-order chi connectivity index (χ0) is 17.1. The molecule has 24 heavy (non-hydrogen) atoms. The van der Waals surface area contributed by atoms with Crippen molar-refractivity contribution in [2.45, 2.75) is 38.3 Å². The van der Waals surface area contributed by atoms with Crippen LogP contribution >= 0.6 is 0 Å². The topological polar surface area (TPSA) is 73.0 Å². The second kappa shape index (κ2) is 4.86. The van der Waals surface area contributed by atoms with E-state index in [9.17, 15) is 14.0 Å². The second-order valence-electron chi connectivity index (χ2n) is 6.63. The van der Waals surface area contributed by atoms with E-state index in [4.69, 9.17) is 0 Å². The minimum atomic E-state index is -0.810. The number of carbonyl (C=O) groups is 1. The highest BCUT2D eigenvalue weighted by molar-refractivity contribution is 5.98. The number of halogens is 1. The van der Waals surface area contributed by atoms with Crippen LogP contribution in [-0.4, -0.2) is 31.4 Å². The number of benzene rings is 1. The van der Waals surface area contributed by atoms with Crippen LogP contribution in [0.4, 0.5) is 14.9 Å². The largest absolute Gasteiger partial charge is 0.372 e. The molecule has 124 valence electrons. The molecule has 0 saturated heterocycles. The number of nitrogens with zero attached hydrogens (tertiary/aromatic N) is 5. The summed E-state index contributed by atoms with van der Waals surface area (Å²) in [5.41, 5.74) is -0.686. The molecular weight excluding hydrogens is 313 g/mol. The van der Waals surface area contributed by atoms with E-state index in [0.29, 0.717) is 10.2 Å². The molecule has 1 saturated carbocycles. The lowest BCUT2D eigenvalue weighted by Crippen LogP contribution is -2.53. The molecule has 0 atom stereocenters. The van der Waals surface area contributed by atoms with Gasteiger partial charge >= 0.3 is 11.7 Å². The highest BCUT2D eigenvalue weighted by Crippen LogP contribution is 2.37. The summed E-state index contributed by atoms with van der Waals surface area (Å²) in [6.45, 7) is 3.54. The first-order valence-corrected chi connectivity index (χ1v) is 7.77. The molecule has 1 amide bonds. The fourth-order valence-corrected chi connectivity index (χ4v) is 2.92. The summed E-state index contributed by atoms with van der Waals surface area (Å²) in [4.78, 5) is 26.6. The van der Waals surface area contributed by atoms with Gasteiger partial charge in [-0.3, -0.25) is 4.90 Å². The SMILES string of the molecule is CC1(C)C=Cc2cccc(F)c2N1C(=O)n1nnn(C2CC2)c1=O. The lowest BCUT2D eigenvalue weighted by molar-refractivity contribution is 0.239. The van der Waals surface area contributed by atoms with E-state index >= 15 is 0 Å². The van der Waals surface area contributed by atoms with Gasteiger partial charge < -0.3 is 0 Å². The van der Waals surface area contributed by atoms with Gasteiger partial charge in [-0.25, -0.2) is 14.0 Å². The fourth-order valence-electron chi connectivity index (χ4n) is 2.92. The number of hydrogen-bond donors (Lipinski definition) is 0. The minimum absolute atomic E-state index is 0.0114. The van der Waals surface area contributed by atoms with Gasteiger partial charge in [0.15, 0.2) is 0 Å². The maximum atomic E-state index is 14.4. The summed E-state index contributed by atoms with van der Waals surface area (Å²) < 4.78 is 16.3. The van der Waals surface area contributed by atoms with Crippen molar-refractivity contribution < 1.29 is 9.18 Å². The summed E-state index contributed by atoms with van der Waals surface area (Å²) in [6.07, 6.45) is 5.26. The summed E-state index contributed by atoms with van der Waals surface area (Å²) in [7, 11) is 0. The molecule has 2 aromatic rings. The number of rotatable bonds is 1. The van der Waals surface area contributed by atoms with E-state index in [-0.39, 0.29) is 11.7 Å². The highest BCUT2D eigenvalue weighted by atomic mass is 19.1. The molecule has 0 radical (unpaired) electrons. The highest BCUT2D eigenvalue weighted by Gasteiger charge is 2.39. The Bertz CT molecular complexity index is 923. The maximum absolute atomic E-state index is 14.4. The average Bonchev–Trinajstić information content (AvgIpc) is 3.29. The van der Waals surface area contributed by atoms with Crippen LogP contribution in [0.1, 0.15) is 38.3 Å². The predicted molar refractivity (Wildman–Crippen MR) is 85.3 cm³/mol. The van der Waals surface area contributed by atoms with Gasteiger partial charge in [0.25, 0.3) is 0 Å². The maximum Gasteiger partial charge on any atom is 0.372 e. The van der Waals surface area contributed by atoms with Crippen molar-refractivity contribution in [2.75, 3.05) is 4.90 Å². The Morgan fingerprint density at radius 3 is 2.75 bits per heavy atom. The van der Waals surface area contributed by atoms with E-state index < -0.39 is 23.1 Å². The van der Waals surface area contributed by atoms with Crippen molar-refractivity contribution in [1.82, 2.24) is 19.8 Å².